The minimum absolute atomic E-state index is 0.0248. The highest BCUT2D eigenvalue weighted by molar-refractivity contribution is 5.68. The second-order valence-electron chi connectivity index (χ2n) is 4.95. The Kier molecular flexibility index (Phi) is 3.78. The van der Waals surface area contributed by atoms with E-state index >= 15 is 0 Å². The van der Waals surface area contributed by atoms with Crippen LogP contribution in [0, 0.1) is 15.5 Å². The van der Waals surface area contributed by atoms with Crippen LogP contribution in [0.2, 0.25) is 0 Å². The Balaban J connectivity index is 2.09. The van der Waals surface area contributed by atoms with E-state index in [0.717, 1.165) is 12.8 Å². The van der Waals surface area contributed by atoms with Crippen LogP contribution in [0.25, 0.3) is 0 Å². The van der Waals surface area contributed by atoms with Crippen molar-refractivity contribution in [2.24, 2.45) is 5.41 Å². The number of hydrogen-bond acceptors (Lipinski definition) is 5. The predicted octanol–water partition coefficient (Wildman–Crippen LogP) is 2.24. The molecule has 7 heteroatoms. The lowest BCUT2D eigenvalue weighted by Crippen LogP contribution is -2.17. The molecule has 0 bridgehead atoms. The average Bonchev–Trinajstić information content (AvgIpc) is 3.15. The van der Waals surface area contributed by atoms with Gasteiger partial charge < -0.3 is 14.6 Å². The summed E-state index contributed by atoms with van der Waals surface area (Å²) in [4.78, 5) is 21.2. The predicted molar refractivity (Wildman–Crippen MR) is 69.1 cm³/mol. The lowest BCUT2D eigenvalue weighted by Gasteiger charge is -2.14. The van der Waals surface area contributed by atoms with Crippen molar-refractivity contribution in [2.45, 2.75) is 19.3 Å². The van der Waals surface area contributed by atoms with E-state index in [1.165, 1.54) is 19.2 Å². The molecule has 0 aliphatic heterocycles. The number of carboxylic acid groups (broad SMARTS) is 1. The second kappa shape index (κ2) is 5.36. The Morgan fingerprint density at radius 3 is 2.70 bits per heavy atom. The molecule has 108 valence electrons. The van der Waals surface area contributed by atoms with Crippen molar-refractivity contribution in [1.29, 1.82) is 0 Å². The quantitative estimate of drug-likeness (QED) is 0.607. The Morgan fingerprint density at radius 1 is 1.50 bits per heavy atom. The van der Waals surface area contributed by atoms with Gasteiger partial charge in [0, 0.05) is 5.41 Å². The van der Waals surface area contributed by atoms with Gasteiger partial charge in [-0.2, -0.15) is 0 Å². The molecule has 1 aromatic rings. The van der Waals surface area contributed by atoms with Crippen molar-refractivity contribution in [3.05, 3.63) is 28.3 Å². The summed E-state index contributed by atoms with van der Waals surface area (Å²) >= 11 is 0. The molecule has 1 aromatic carbocycles. The normalized spacial score (nSPS) is 15.4. The van der Waals surface area contributed by atoms with Gasteiger partial charge in [0.05, 0.1) is 31.1 Å². The van der Waals surface area contributed by atoms with Crippen molar-refractivity contribution in [1.82, 2.24) is 0 Å². The van der Waals surface area contributed by atoms with Gasteiger partial charge in [0.25, 0.3) is 0 Å². The van der Waals surface area contributed by atoms with E-state index in [1.54, 1.807) is 6.07 Å². The number of aliphatic carboxylic acids is 1. The van der Waals surface area contributed by atoms with Crippen LogP contribution in [-0.2, 0) is 4.79 Å². The van der Waals surface area contributed by atoms with Crippen LogP contribution >= 0.6 is 0 Å². The minimum atomic E-state index is -0.879. The third kappa shape index (κ3) is 3.17. The molecule has 2 rings (SSSR count). The summed E-state index contributed by atoms with van der Waals surface area (Å²) in [5.74, 6) is -0.376. The number of hydrogen-bond donors (Lipinski definition) is 1. The number of nitro groups is 1. The Morgan fingerprint density at radius 2 is 2.20 bits per heavy atom. The van der Waals surface area contributed by atoms with Gasteiger partial charge >= 0.3 is 11.7 Å². The molecule has 0 unspecified atom stereocenters. The maximum Gasteiger partial charge on any atom is 0.314 e. The fourth-order valence-corrected chi connectivity index (χ4v) is 1.99. The zero-order chi connectivity index (χ0) is 14.8. The largest absolute Gasteiger partial charge is 0.496 e. The summed E-state index contributed by atoms with van der Waals surface area (Å²) in [5, 5.41) is 19.8. The molecule has 0 radical (unpaired) electrons. The van der Waals surface area contributed by atoms with Gasteiger partial charge in [-0.1, -0.05) is 0 Å². The Labute approximate surface area is 115 Å². The first-order chi connectivity index (χ1) is 9.46. The lowest BCUT2D eigenvalue weighted by atomic mass is 10.0. The monoisotopic (exact) mass is 281 g/mol. The number of carboxylic acids is 1. The number of rotatable bonds is 7. The third-order valence-electron chi connectivity index (χ3n) is 3.38. The van der Waals surface area contributed by atoms with Crippen molar-refractivity contribution in [3.8, 4) is 11.5 Å². The molecule has 0 amide bonds. The molecule has 0 atom stereocenters. The zero-order valence-electron chi connectivity index (χ0n) is 11.0. The van der Waals surface area contributed by atoms with Gasteiger partial charge in [0.15, 0.2) is 5.75 Å². The zero-order valence-corrected chi connectivity index (χ0v) is 11.0. The van der Waals surface area contributed by atoms with E-state index in [0.29, 0.717) is 5.75 Å². The summed E-state index contributed by atoms with van der Waals surface area (Å²) in [5.41, 5.74) is -0.560. The molecule has 1 saturated carbocycles. The van der Waals surface area contributed by atoms with Gasteiger partial charge in [0.2, 0.25) is 0 Å². The van der Waals surface area contributed by atoms with Gasteiger partial charge in [-0.25, -0.2) is 0 Å². The molecule has 0 saturated heterocycles. The van der Waals surface area contributed by atoms with Gasteiger partial charge in [0.1, 0.15) is 5.75 Å². The van der Waals surface area contributed by atoms with Crippen LogP contribution in [0.5, 0.6) is 11.5 Å². The number of ether oxygens (including phenoxy) is 2. The highest BCUT2D eigenvalue weighted by Gasteiger charge is 2.45. The first-order valence-corrected chi connectivity index (χ1v) is 6.13. The Bertz CT molecular complexity index is 538. The van der Waals surface area contributed by atoms with E-state index in [9.17, 15) is 14.9 Å². The summed E-state index contributed by atoms with van der Waals surface area (Å²) in [6, 6.07) is 4.32. The molecule has 1 fully saturated rings. The van der Waals surface area contributed by atoms with Crippen LogP contribution in [0.3, 0.4) is 0 Å². The average molecular weight is 281 g/mol. The van der Waals surface area contributed by atoms with E-state index in [2.05, 4.69) is 0 Å². The summed E-state index contributed by atoms with van der Waals surface area (Å²) < 4.78 is 10.4. The van der Waals surface area contributed by atoms with Gasteiger partial charge in [-0.05, 0) is 25.0 Å². The molecule has 1 aliphatic carbocycles. The van der Waals surface area contributed by atoms with Gasteiger partial charge in [-0.3, -0.25) is 14.9 Å². The van der Waals surface area contributed by atoms with Crippen LogP contribution in [0.4, 0.5) is 5.69 Å². The van der Waals surface area contributed by atoms with Crippen molar-refractivity contribution in [3.63, 3.8) is 0 Å². The minimum Gasteiger partial charge on any atom is -0.496 e. The Hall–Kier alpha value is -2.31. The van der Waals surface area contributed by atoms with Crippen LogP contribution in [-0.4, -0.2) is 29.7 Å². The van der Waals surface area contributed by atoms with Crippen LogP contribution in [0.15, 0.2) is 18.2 Å². The molecule has 1 aliphatic rings. The van der Waals surface area contributed by atoms with E-state index in [4.69, 9.17) is 14.6 Å². The number of nitro benzene ring substituents is 1. The molecule has 0 heterocycles. The summed E-state index contributed by atoms with van der Waals surface area (Å²) in [7, 11) is 1.42. The molecular weight excluding hydrogens is 266 g/mol. The fourth-order valence-electron chi connectivity index (χ4n) is 1.99. The highest BCUT2D eigenvalue weighted by atomic mass is 16.6. The van der Waals surface area contributed by atoms with E-state index in [1.807, 2.05) is 0 Å². The molecule has 1 N–H and O–H groups in total. The molecule has 7 nitrogen and oxygen atoms in total. The third-order valence-corrected chi connectivity index (χ3v) is 3.38. The SMILES string of the molecule is COc1ccc(OCC2(CC(=O)O)CC2)c([N+](=O)[O-])c1. The van der Waals surface area contributed by atoms with E-state index < -0.39 is 10.9 Å². The molecule has 0 aromatic heterocycles. The highest BCUT2D eigenvalue weighted by Crippen LogP contribution is 2.49. The number of methoxy groups -OCH3 is 1. The summed E-state index contributed by atoms with van der Waals surface area (Å²) in [6.45, 7) is 0.173. The first-order valence-electron chi connectivity index (χ1n) is 6.13. The molecule has 20 heavy (non-hydrogen) atoms. The van der Waals surface area contributed by atoms with E-state index in [-0.39, 0.29) is 29.9 Å². The van der Waals surface area contributed by atoms with Crippen molar-refractivity contribution < 1.29 is 24.3 Å². The number of benzene rings is 1. The second-order valence-corrected chi connectivity index (χ2v) is 4.95. The molecule has 0 spiro atoms. The first kappa shape index (κ1) is 14.1. The maximum atomic E-state index is 11.0. The van der Waals surface area contributed by atoms with Gasteiger partial charge in [-0.15, -0.1) is 0 Å². The topological polar surface area (TPSA) is 98.9 Å². The maximum absolute atomic E-state index is 11.0. The lowest BCUT2D eigenvalue weighted by molar-refractivity contribution is -0.386. The van der Waals surface area contributed by atoms with Crippen molar-refractivity contribution >= 4 is 11.7 Å². The van der Waals surface area contributed by atoms with Crippen LogP contribution < -0.4 is 9.47 Å². The van der Waals surface area contributed by atoms with Crippen molar-refractivity contribution in [2.75, 3.05) is 13.7 Å². The number of nitrogens with zero attached hydrogens (tertiary/aromatic N) is 1. The summed E-state index contributed by atoms with van der Waals surface area (Å²) in [6.07, 6.45) is 1.56. The molecular formula is C13H15NO6. The number of carbonyl (C=O) groups is 1. The smallest absolute Gasteiger partial charge is 0.314 e. The standard InChI is InChI=1S/C13H15NO6/c1-19-9-2-3-11(10(6-9)14(17)18)20-8-13(4-5-13)7-12(15)16/h2-3,6H,4-5,7-8H2,1H3,(H,15,16). The fraction of sp³-hybridized carbons (Fsp3) is 0.462. The van der Waals surface area contributed by atoms with Crippen LogP contribution in [0.1, 0.15) is 19.3 Å².